The molecule has 1 N–H and O–H groups in total. The number of alkyl halides is 2. The minimum atomic E-state index is -2.89. The average molecular weight is 122 g/mol. The molecule has 0 radical (unpaired) electrons. The quantitative estimate of drug-likeness (QED) is 0.557. The van der Waals surface area contributed by atoms with Crippen LogP contribution < -0.4 is 0 Å². The second-order valence-electron chi connectivity index (χ2n) is 1.44. The molecule has 0 aromatic heterocycles. The number of aliphatic hydroxyl groups is 1. The van der Waals surface area contributed by atoms with E-state index in [1.54, 1.807) is 0 Å². The summed E-state index contributed by atoms with van der Waals surface area (Å²) < 4.78 is 23.8. The summed E-state index contributed by atoms with van der Waals surface area (Å²) in [6.45, 7) is 2.39. The van der Waals surface area contributed by atoms with Crippen LogP contribution in [0.1, 0.15) is 6.42 Å². The lowest BCUT2D eigenvalue weighted by Gasteiger charge is -2.06. The molecule has 0 fully saturated rings. The molecule has 0 rings (SSSR count). The topological polar surface area (TPSA) is 20.2 Å². The van der Waals surface area contributed by atoms with Crippen LogP contribution in [-0.2, 0) is 0 Å². The molecule has 48 valence electrons. The Bertz CT molecular complexity index is 80.5. The van der Waals surface area contributed by atoms with E-state index in [1.165, 1.54) is 0 Å². The Balaban J connectivity index is 3.53. The molecule has 0 heterocycles. The molecular weight excluding hydrogens is 114 g/mol. The fourth-order valence-corrected chi connectivity index (χ4v) is 0.251. The Morgan fingerprint density at radius 1 is 1.62 bits per heavy atom. The van der Waals surface area contributed by atoms with Crippen LogP contribution in [-0.4, -0.2) is 17.6 Å². The first kappa shape index (κ1) is 7.56. The summed E-state index contributed by atoms with van der Waals surface area (Å²) in [4.78, 5) is 0. The molecule has 1 nitrogen and oxygen atoms in total. The summed E-state index contributed by atoms with van der Waals surface area (Å²) in [6.07, 6.45) is -0.000278. The van der Waals surface area contributed by atoms with Crippen molar-refractivity contribution in [3.8, 4) is 0 Å². The van der Waals surface area contributed by atoms with Crippen molar-refractivity contribution in [2.75, 3.05) is 6.61 Å². The number of hydrogen-bond donors (Lipinski definition) is 1. The van der Waals surface area contributed by atoms with Crippen LogP contribution in [0.25, 0.3) is 0 Å². The van der Waals surface area contributed by atoms with E-state index in [0.29, 0.717) is 6.08 Å². The fraction of sp³-hybridized carbons (Fsp3) is 0.600. The van der Waals surface area contributed by atoms with Gasteiger partial charge in [-0.25, -0.2) is 8.78 Å². The highest BCUT2D eigenvalue weighted by Gasteiger charge is 2.21. The highest BCUT2D eigenvalue weighted by molar-refractivity contribution is 4.86. The maximum atomic E-state index is 11.9. The second kappa shape index (κ2) is 2.77. The van der Waals surface area contributed by atoms with Crippen LogP contribution in [0.2, 0.25) is 0 Å². The maximum absolute atomic E-state index is 11.9. The molecule has 8 heavy (non-hydrogen) atoms. The average Bonchev–Trinajstić information content (AvgIpc) is 1.67. The third kappa shape index (κ3) is 2.69. The predicted octanol–water partition coefficient (Wildman–Crippen LogP) is 1.19. The number of rotatable bonds is 3. The highest BCUT2D eigenvalue weighted by atomic mass is 19.3. The first-order valence-electron chi connectivity index (χ1n) is 2.24. The van der Waals surface area contributed by atoms with E-state index in [1.807, 2.05) is 0 Å². The van der Waals surface area contributed by atoms with Gasteiger partial charge in [0.1, 0.15) is 0 Å². The maximum Gasteiger partial charge on any atom is 0.268 e. The standard InChI is InChI=1S/C5H8F2O/c1-2-5(6,7)3-4-8/h2,8H,1,3-4H2. The lowest BCUT2D eigenvalue weighted by molar-refractivity contribution is 0.0281. The van der Waals surface area contributed by atoms with E-state index in [4.69, 9.17) is 5.11 Å². The van der Waals surface area contributed by atoms with Crippen molar-refractivity contribution in [2.45, 2.75) is 12.3 Å². The van der Waals surface area contributed by atoms with Gasteiger partial charge in [0, 0.05) is 13.0 Å². The number of halogens is 2. The van der Waals surface area contributed by atoms with Gasteiger partial charge in [-0.1, -0.05) is 6.58 Å². The Morgan fingerprint density at radius 2 is 2.12 bits per heavy atom. The zero-order chi connectivity index (χ0) is 6.62. The zero-order valence-corrected chi connectivity index (χ0v) is 4.40. The Kier molecular flexibility index (Phi) is 2.62. The van der Waals surface area contributed by atoms with Gasteiger partial charge in [-0.2, -0.15) is 0 Å². The van der Waals surface area contributed by atoms with E-state index in [2.05, 4.69) is 6.58 Å². The second-order valence-corrected chi connectivity index (χ2v) is 1.44. The molecule has 0 aliphatic rings. The van der Waals surface area contributed by atoms with Gasteiger partial charge in [0.2, 0.25) is 0 Å². The Hall–Kier alpha value is -0.440. The largest absolute Gasteiger partial charge is 0.396 e. The van der Waals surface area contributed by atoms with Gasteiger partial charge in [-0.15, -0.1) is 0 Å². The van der Waals surface area contributed by atoms with Crippen molar-refractivity contribution in [2.24, 2.45) is 0 Å². The molecule has 0 aromatic rings. The van der Waals surface area contributed by atoms with Crippen molar-refractivity contribution in [1.29, 1.82) is 0 Å². The van der Waals surface area contributed by atoms with Crippen LogP contribution in [0.15, 0.2) is 12.7 Å². The van der Waals surface area contributed by atoms with Crippen LogP contribution in [0.4, 0.5) is 8.78 Å². The highest BCUT2D eigenvalue weighted by Crippen LogP contribution is 2.17. The molecule has 0 aromatic carbocycles. The summed E-state index contributed by atoms with van der Waals surface area (Å²) in [6, 6.07) is 0. The van der Waals surface area contributed by atoms with Crippen LogP contribution in [0.3, 0.4) is 0 Å². The number of aliphatic hydroxyl groups excluding tert-OH is 1. The Morgan fingerprint density at radius 3 is 2.25 bits per heavy atom. The molecule has 0 bridgehead atoms. The van der Waals surface area contributed by atoms with Crippen molar-refractivity contribution >= 4 is 0 Å². The summed E-state index contributed by atoms with van der Waals surface area (Å²) in [5.41, 5.74) is 0. The third-order valence-electron chi connectivity index (χ3n) is 0.744. The SMILES string of the molecule is C=CC(F)(F)CCO. The molecule has 3 heteroatoms. The van der Waals surface area contributed by atoms with Gasteiger partial charge in [0.15, 0.2) is 0 Å². The third-order valence-corrected chi connectivity index (χ3v) is 0.744. The van der Waals surface area contributed by atoms with Gasteiger partial charge >= 0.3 is 0 Å². The molecule has 0 amide bonds. The molecule has 0 atom stereocenters. The van der Waals surface area contributed by atoms with E-state index in [0.717, 1.165) is 0 Å². The lowest BCUT2D eigenvalue weighted by atomic mass is 10.2. The van der Waals surface area contributed by atoms with Crippen molar-refractivity contribution in [3.05, 3.63) is 12.7 Å². The summed E-state index contributed by atoms with van der Waals surface area (Å²) in [7, 11) is 0. The van der Waals surface area contributed by atoms with Crippen molar-refractivity contribution in [1.82, 2.24) is 0 Å². The van der Waals surface area contributed by atoms with E-state index in [-0.39, 0.29) is 0 Å². The normalized spacial score (nSPS) is 11.4. The molecule has 0 unspecified atom stereocenters. The number of hydrogen-bond acceptors (Lipinski definition) is 1. The monoisotopic (exact) mass is 122 g/mol. The zero-order valence-electron chi connectivity index (χ0n) is 4.40. The Labute approximate surface area is 46.6 Å². The molecule has 0 saturated heterocycles. The lowest BCUT2D eigenvalue weighted by Crippen LogP contribution is -2.12. The van der Waals surface area contributed by atoms with Crippen molar-refractivity contribution < 1.29 is 13.9 Å². The van der Waals surface area contributed by atoms with Crippen molar-refractivity contribution in [3.63, 3.8) is 0 Å². The molecule has 0 spiro atoms. The van der Waals surface area contributed by atoms with E-state index in [9.17, 15) is 8.78 Å². The van der Waals surface area contributed by atoms with E-state index >= 15 is 0 Å². The fourth-order valence-electron chi connectivity index (χ4n) is 0.251. The van der Waals surface area contributed by atoms with Crippen LogP contribution in [0, 0.1) is 0 Å². The summed E-state index contributed by atoms with van der Waals surface area (Å²) in [5, 5.41) is 8.01. The predicted molar refractivity (Wildman–Crippen MR) is 26.8 cm³/mol. The van der Waals surface area contributed by atoms with Gasteiger partial charge in [-0.05, 0) is 6.08 Å². The van der Waals surface area contributed by atoms with Gasteiger partial charge in [0.25, 0.3) is 5.92 Å². The molecule has 0 saturated carbocycles. The first-order chi connectivity index (χ1) is 3.62. The first-order valence-corrected chi connectivity index (χ1v) is 2.24. The van der Waals surface area contributed by atoms with Gasteiger partial charge in [0.05, 0.1) is 0 Å². The molecule has 0 aliphatic carbocycles. The minimum Gasteiger partial charge on any atom is -0.396 e. The summed E-state index contributed by atoms with van der Waals surface area (Å²) >= 11 is 0. The number of allylic oxidation sites excluding steroid dienone is 1. The summed E-state index contributed by atoms with van der Waals surface area (Å²) in [5.74, 6) is -2.89. The molecule has 0 aliphatic heterocycles. The van der Waals surface area contributed by atoms with Gasteiger partial charge < -0.3 is 5.11 Å². The van der Waals surface area contributed by atoms with Crippen LogP contribution >= 0.6 is 0 Å². The van der Waals surface area contributed by atoms with E-state index < -0.39 is 19.0 Å². The smallest absolute Gasteiger partial charge is 0.268 e. The van der Waals surface area contributed by atoms with Crippen LogP contribution in [0.5, 0.6) is 0 Å². The van der Waals surface area contributed by atoms with Gasteiger partial charge in [-0.3, -0.25) is 0 Å². The minimum absolute atomic E-state index is 0.501. The molecular formula is C5H8F2O.